The van der Waals surface area contributed by atoms with Crippen LogP contribution < -0.4 is 10.2 Å². The van der Waals surface area contributed by atoms with E-state index >= 15 is 0 Å². The lowest BCUT2D eigenvalue weighted by molar-refractivity contribution is 0.394. The highest BCUT2D eigenvalue weighted by atomic mass is 15.2. The average molecular weight is 260 g/mol. The van der Waals surface area contributed by atoms with Crippen LogP contribution in [0.3, 0.4) is 0 Å². The minimum Gasteiger partial charge on any atom is -0.370 e. The molecule has 1 aliphatic rings. The Morgan fingerprint density at radius 3 is 2.47 bits per heavy atom. The third-order valence-corrected chi connectivity index (χ3v) is 4.04. The maximum atomic E-state index is 3.64. The fourth-order valence-electron chi connectivity index (χ4n) is 2.77. The molecular formula is C17H28N2. The normalized spacial score (nSPS) is 20.2. The van der Waals surface area contributed by atoms with Crippen LogP contribution in [0.25, 0.3) is 0 Å². The summed E-state index contributed by atoms with van der Waals surface area (Å²) in [6.07, 6.45) is 1.19. The van der Waals surface area contributed by atoms with Crippen molar-refractivity contribution >= 4 is 5.69 Å². The number of anilines is 1. The lowest BCUT2D eigenvalue weighted by Crippen LogP contribution is -2.39. The Hall–Kier alpha value is -1.02. The molecule has 1 fully saturated rings. The summed E-state index contributed by atoms with van der Waals surface area (Å²) in [6, 6.07) is 8.87. The largest absolute Gasteiger partial charge is 0.370 e. The number of benzene rings is 1. The van der Waals surface area contributed by atoms with Gasteiger partial charge in [-0.05, 0) is 37.3 Å². The molecule has 0 atom stereocenters. The molecule has 2 rings (SSSR count). The summed E-state index contributed by atoms with van der Waals surface area (Å²) in [7, 11) is 0. The zero-order valence-corrected chi connectivity index (χ0v) is 13.1. The molecule has 0 saturated carbocycles. The Bertz CT molecular complexity index is 429. The second kappa shape index (κ2) is 5.16. The van der Waals surface area contributed by atoms with Crippen LogP contribution in [0.4, 0.5) is 5.69 Å². The molecule has 0 aliphatic carbocycles. The van der Waals surface area contributed by atoms with Crippen LogP contribution in [0, 0.1) is 0 Å². The van der Waals surface area contributed by atoms with Gasteiger partial charge < -0.3 is 10.2 Å². The van der Waals surface area contributed by atoms with Gasteiger partial charge in [0.1, 0.15) is 0 Å². The van der Waals surface area contributed by atoms with E-state index < -0.39 is 0 Å². The van der Waals surface area contributed by atoms with Crippen LogP contribution in [0.1, 0.15) is 46.6 Å². The predicted molar refractivity (Wildman–Crippen MR) is 84.1 cm³/mol. The van der Waals surface area contributed by atoms with Gasteiger partial charge in [-0.2, -0.15) is 0 Å². The fraction of sp³-hybridized carbons (Fsp3) is 0.647. The molecule has 106 valence electrons. The summed E-state index contributed by atoms with van der Waals surface area (Å²) < 4.78 is 0. The molecule has 1 N–H and O–H groups in total. The molecule has 0 bridgehead atoms. The predicted octanol–water partition coefficient (Wildman–Crippen LogP) is 3.56. The first-order chi connectivity index (χ1) is 8.80. The molecule has 1 heterocycles. The molecule has 0 unspecified atom stereocenters. The van der Waals surface area contributed by atoms with Crippen LogP contribution >= 0.6 is 0 Å². The Labute approximate surface area is 118 Å². The van der Waals surface area contributed by atoms with Gasteiger partial charge in [0.05, 0.1) is 0 Å². The van der Waals surface area contributed by atoms with Crippen LogP contribution in [0.5, 0.6) is 0 Å². The van der Waals surface area contributed by atoms with E-state index in [9.17, 15) is 0 Å². The summed E-state index contributed by atoms with van der Waals surface area (Å²) in [6.45, 7) is 14.8. The molecule has 2 nitrogen and oxygen atoms in total. The lowest BCUT2D eigenvalue weighted by atomic mass is 9.85. The van der Waals surface area contributed by atoms with E-state index in [1.165, 1.54) is 17.7 Å². The Balaban J connectivity index is 2.27. The molecule has 0 radical (unpaired) electrons. The first-order valence-corrected chi connectivity index (χ1v) is 7.39. The van der Waals surface area contributed by atoms with Crippen LogP contribution in [-0.2, 0) is 5.41 Å². The van der Waals surface area contributed by atoms with Gasteiger partial charge in [-0.15, -0.1) is 0 Å². The van der Waals surface area contributed by atoms with Crippen LogP contribution in [-0.4, -0.2) is 25.2 Å². The van der Waals surface area contributed by atoms with Crippen LogP contribution in [0.2, 0.25) is 0 Å². The molecular weight excluding hydrogens is 232 g/mol. The molecule has 0 aromatic heterocycles. The van der Waals surface area contributed by atoms with Gasteiger partial charge in [0.2, 0.25) is 0 Å². The summed E-state index contributed by atoms with van der Waals surface area (Å²) in [5.74, 6) is 0. The van der Waals surface area contributed by atoms with Crippen molar-refractivity contribution in [1.82, 2.24) is 5.32 Å². The molecule has 2 heteroatoms. The van der Waals surface area contributed by atoms with Crippen molar-refractivity contribution in [1.29, 1.82) is 0 Å². The highest BCUT2D eigenvalue weighted by molar-refractivity contribution is 5.56. The van der Waals surface area contributed by atoms with Crippen molar-refractivity contribution in [2.45, 2.75) is 52.0 Å². The smallest absolute Gasteiger partial charge is 0.0404 e. The topological polar surface area (TPSA) is 15.3 Å². The number of nitrogens with zero attached hydrogens (tertiary/aromatic N) is 1. The summed E-state index contributed by atoms with van der Waals surface area (Å²) in [5, 5.41) is 3.64. The highest BCUT2D eigenvalue weighted by Crippen LogP contribution is 2.32. The summed E-state index contributed by atoms with van der Waals surface area (Å²) in [4.78, 5) is 2.54. The lowest BCUT2D eigenvalue weighted by Gasteiger charge is -2.31. The van der Waals surface area contributed by atoms with E-state index in [-0.39, 0.29) is 11.0 Å². The average Bonchev–Trinajstić information content (AvgIpc) is 2.49. The van der Waals surface area contributed by atoms with E-state index in [2.05, 4.69) is 69.1 Å². The van der Waals surface area contributed by atoms with E-state index in [0.29, 0.717) is 0 Å². The zero-order chi connectivity index (χ0) is 14.1. The molecule has 0 spiro atoms. The zero-order valence-electron chi connectivity index (χ0n) is 13.1. The van der Waals surface area contributed by atoms with Gasteiger partial charge >= 0.3 is 0 Å². The third kappa shape index (κ3) is 3.50. The minimum absolute atomic E-state index is 0.200. The minimum atomic E-state index is 0.200. The summed E-state index contributed by atoms with van der Waals surface area (Å²) >= 11 is 0. The van der Waals surface area contributed by atoms with Crippen molar-refractivity contribution in [2.24, 2.45) is 0 Å². The number of hydrogen-bond donors (Lipinski definition) is 1. The maximum absolute atomic E-state index is 3.64. The third-order valence-electron chi connectivity index (χ3n) is 4.04. The molecule has 1 saturated heterocycles. The van der Waals surface area contributed by atoms with Gasteiger partial charge in [-0.3, -0.25) is 0 Å². The number of para-hydroxylation sites is 1. The van der Waals surface area contributed by atoms with Gasteiger partial charge in [-0.1, -0.05) is 39.0 Å². The Morgan fingerprint density at radius 2 is 1.79 bits per heavy atom. The molecule has 1 aromatic rings. The van der Waals surface area contributed by atoms with E-state index in [1.54, 1.807) is 0 Å². The van der Waals surface area contributed by atoms with E-state index in [1.807, 2.05) is 0 Å². The molecule has 1 aliphatic heterocycles. The SMILES string of the molecule is CC1(C)CCN(c2ccccc2C(C)(C)C)CCN1. The number of rotatable bonds is 1. The summed E-state index contributed by atoms with van der Waals surface area (Å²) in [5.41, 5.74) is 3.32. The van der Waals surface area contributed by atoms with Crippen molar-refractivity contribution < 1.29 is 0 Å². The first kappa shape index (κ1) is 14.4. The standard InChI is InChI=1S/C17H28N2/c1-16(2,3)14-8-6-7-9-15(14)19-12-10-17(4,5)18-11-13-19/h6-9,18H,10-13H2,1-5H3. The monoisotopic (exact) mass is 260 g/mol. The van der Waals surface area contributed by atoms with Crippen molar-refractivity contribution in [3.05, 3.63) is 29.8 Å². The van der Waals surface area contributed by atoms with Crippen molar-refractivity contribution in [3.63, 3.8) is 0 Å². The van der Waals surface area contributed by atoms with Crippen molar-refractivity contribution in [2.75, 3.05) is 24.5 Å². The highest BCUT2D eigenvalue weighted by Gasteiger charge is 2.25. The number of hydrogen-bond acceptors (Lipinski definition) is 2. The fourth-order valence-corrected chi connectivity index (χ4v) is 2.77. The van der Waals surface area contributed by atoms with E-state index in [4.69, 9.17) is 0 Å². The van der Waals surface area contributed by atoms with E-state index in [0.717, 1.165) is 19.6 Å². The second-order valence-corrected chi connectivity index (χ2v) is 7.31. The number of nitrogens with one attached hydrogen (secondary N) is 1. The van der Waals surface area contributed by atoms with Gasteiger partial charge in [0.25, 0.3) is 0 Å². The maximum Gasteiger partial charge on any atom is 0.0404 e. The second-order valence-electron chi connectivity index (χ2n) is 7.31. The molecule has 19 heavy (non-hydrogen) atoms. The Morgan fingerprint density at radius 1 is 1.11 bits per heavy atom. The van der Waals surface area contributed by atoms with Gasteiger partial charge in [0.15, 0.2) is 0 Å². The van der Waals surface area contributed by atoms with Crippen LogP contribution in [0.15, 0.2) is 24.3 Å². The molecule has 0 amide bonds. The Kier molecular flexibility index (Phi) is 3.91. The quantitative estimate of drug-likeness (QED) is 0.830. The van der Waals surface area contributed by atoms with Gasteiger partial charge in [-0.25, -0.2) is 0 Å². The molecule has 1 aromatic carbocycles. The van der Waals surface area contributed by atoms with Gasteiger partial charge in [0, 0.05) is 30.9 Å². The van der Waals surface area contributed by atoms with Crippen molar-refractivity contribution in [3.8, 4) is 0 Å². The first-order valence-electron chi connectivity index (χ1n) is 7.39.